The summed E-state index contributed by atoms with van der Waals surface area (Å²) in [7, 11) is 2.17. The number of carbonyl (C=O) groups is 1. The number of hydrogen-bond acceptors (Lipinski definition) is 4. The Kier molecular flexibility index (Phi) is 3.41. The Morgan fingerprint density at radius 2 is 2.22 bits per heavy atom. The van der Waals surface area contributed by atoms with Gasteiger partial charge in [0.05, 0.1) is 5.56 Å². The first-order chi connectivity index (χ1) is 11.2. The molecule has 1 N–H and O–H groups in total. The van der Waals surface area contributed by atoms with Crippen molar-refractivity contribution in [2.24, 2.45) is 0 Å². The summed E-state index contributed by atoms with van der Waals surface area (Å²) >= 11 is 0. The number of nitrogens with zero attached hydrogens (tertiary/aromatic N) is 4. The van der Waals surface area contributed by atoms with Gasteiger partial charge in [-0.15, -0.1) is 0 Å². The van der Waals surface area contributed by atoms with Gasteiger partial charge in [-0.05, 0) is 50.9 Å². The van der Waals surface area contributed by atoms with Crippen molar-refractivity contribution in [3.63, 3.8) is 0 Å². The molecule has 3 heterocycles. The molecule has 1 aliphatic heterocycles. The van der Waals surface area contributed by atoms with Crippen molar-refractivity contribution in [3.8, 4) is 5.82 Å². The fourth-order valence-electron chi connectivity index (χ4n) is 3.88. The van der Waals surface area contributed by atoms with Gasteiger partial charge >= 0.3 is 0 Å². The Labute approximate surface area is 135 Å². The summed E-state index contributed by atoms with van der Waals surface area (Å²) in [6, 6.07) is 5.62. The van der Waals surface area contributed by atoms with Gasteiger partial charge < -0.3 is 5.32 Å². The van der Waals surface area contributed by atoms with Gasteiger partial charge in [0.15, 0.2) is 5.82 Å². The third-order valence-corrected chi connectivity index (χ3v) is 5.30. The second kappa shape index (κ2) is 5.45. The van der Waals surface area contributed by atoms with Crippen molar-refractivity contribution in [1.29, 1.82) is 0 Å². The zero-order valence-electron chi connectivity index (χ0n) is 13.3. The van der Waals surface area contributed by atoms with Crippen LogP contribution in [-0.2, 0) is 0 Å². The van der Waals surface area contributed by atoms with Gasteiger partial charge in [0.25, 0.3) is 5.91 Å². The maximum Gasteiger partial charge on any atom is 0.255 e. The zero-order valence-corrected chi connectivity index (χ0v) is 13.3. The predicted molar refractivity (Wildman–Crippen MR) is 86.4 cm³/mol. The van der Waals surface area contributed by atoms with E-state index in [1.165, 1.54) is 19.3 Å². The maximum absolute atomic E-state index is 12.7. The highest BCUT2D eigenvalue weighted by molar-refractivity contribution is 5.97. The first kappa shape index (κ1) is 14.4. The molecule has 1 spiro atoms. The van der Waals surface area contributed by atoms with Crippen molar-refractivity contribution in [3.05, 3.63) is 42.4 Å². The van der Waals surface area contributed by atoms with Crippen LogP contribution >= 0.6 is 0 Å². The lowest BCUT2D eigenvalue weighted by molar-refractivity contribution is 0.0799. The minimum Gasteiger partial charge on any atom is -0.348 e. The third-order valence-electron chi connectivity index (χ3n) is 5.30. The third kappa shape index (κ3) is 2.43. The summed E-state index contributed by atoms with van der Waals surface area (Å²) in [5.41, 5.74) is 0.894. The zero-order chi connectivity index (χ0) is 15.9. The second-order valence-electron chi connectivity index (χ2n) is 6.66. The summed E-state index contributed by atoms with van der Waals surface area (Å²) in [4.78, 5) is 19.5. The van der Waals surface area contributed by atoms with Gasteiger partial charge in [0, 0.05) is 36.7 Å². The van der Waals surface area contributed by atoms with E-state index in [-0.39, 0.29) is 11.9 Å². The summed E-state index contributed by atoms with van der Waals surface area (Å²) < 4.78 is 1.63. The van der Waals surface area contributed by atoms with Crippen LogP contribution in [0.1, 0.15) is 36.0 Å². The fourth-order valence-corrected chi connectivity index (χ4v) is 3.88. The standard InChI is InChI=1S/C17H21N5O/c1-21-12-13(11-17(21)6-3-7-17)20-16(23)14-5-2-8-18-15(14)22-10-4-9-19-22/h2,4-5,8-10,13H,3,6-7,11-12H2,1H3,(H,20,23). The monoisotopic (exact) mass is 311 g/mol. The van der Waals surface area contributed by atoms with E-state index in [0.717, 1.165) is 13.0 Å². The van der Waals surface area contributed by atoms with Crippen molar-refractivity contribution in [1.82, 2.24) is 25.0 Å². The first-order valence-corrected chi connectivity index (χ1v) is 8.15. The normalized spacial score (nSPS) is 22.9. The quantitative estimate of drug-likeness (QED) is 0.936. The lowest BCUT2D eigenvalue weighted by Crippen LogP contribution is -2.47. The van der Waals surface area contributed by atoms with E-state index in [2.05, 4.69) is 27.3 Å². The van der Waals surface area contributed by atoms with Gasteiger partial charge in [-0.25, -0.2) is 9.67 Å². The number of hydrogen-bond donors (Lipinski definition) is 1. The Hall–Kier alpha value is -2.21. The Morgan fingerprint density at radius 1 is 1.35 bits per heavy atom. The molecular weight excluding hydrogens is 290 g/mol. The first-order valence-electron chi connectivity index (χ1n) is 8.15. The molecule has 1 saturated heterocycles. The average molecular weight is 311 g/mol. The van der Waals surface area contributed by atoms with E-state index in [1.807, 2.05) is 6.07 Å². The Bertz CT molecular complexity index is 708. The molecule has 1 atom stereocenters. The van der Waals surface area contributed by atoms with Gasteiger partial charge in [0.1, 0.15) is 0 Å². The summed E-state index contributed by atoms with van der Waals surface area (Å²) in [5, 5.41) is 7.37. The van der Waals surface area contributed by atoms with Gasteiger partial charge in [-0.3, -0.25) is 9.69 Å². The lowest BCUT2D eigenvalue weighted by atomic mass is 9.74. The van der Waals surface area contributed by atoms with Crippen LogP contribution in [0.4, 0.5) is 0 Å². The molecule has 1 saturated carbocycles. The molecule has 2 fully saturated rings. The van der Waals surface area contributed by atoms with Crippen LogP contribution in [0.25, 0.3) is 5.82 Å². The van der Waals surface area contributed by atoms with Crippen molar-refractivity contribution in [2.75, 3.05) is 13.6 Å². The highest BCUT2D eigenvalue weighted by Crippen LogP contribution is 2.44. The molecular formula is C17H21N5O. The molecule has 0 aromatic carbocycles. The number of rotatable bonds is 3. The van der Waals surface area contributed by atoms with Crippen LogP contribution in [0.3, 0.4) is 0 Å². The molecule has 1 aliphatic carbocycles. The lowest BCUT2D eigenvalue weighted by Gasteiger charge is -2.44. The number of pyridine rings is 1. The summed E-state index contributed by atoms with van der Waals surface area (Å²) in [6.45, 7) is 0.920. The van der Waals surface area contributed by atoms with Gasteiger partial charge in [0.2, 0.25) is 0 Å². The van der Waals surface area contributed by atoms with E-state index < -0.39 is 0 Å². The van der Waals surface area contributed by atoms with Crippen LogP contribution in [0.2, 0.25) is 0 Å². The van der Waals surface area contributed by atoms with Crippen LogP contribution in [-0.4, -0.2) is 50.7 Å². The maximum atomic E-state index is 12.7. The molecule has 4 rings (SSSR count). The highest BCUT2D eigenvalue weighted by Gasteiger charge is 2.47. The Balaban J connectivity index is 1.52. The minimum absolute atomic E-state index is 0.0710. The number of nitrogens with one attached hydrogen (secondary N) is 1. The van der Waals surface area contributed by atoms with E-state index in [4.69, 9.17) is 0 Å². The molecule has 0 bridgehead atoms. The predicted octanol–water partition coefficient (Wildman–Crippen LogP) is 1.62. The number of likely N-dealkylation sites (N-methyl/N-ethyl adjacent to an activating group) is 1. The molecule has 23 heavy (non-hydrogen) atoms. The molecule has 6 nitrogen and oxygen atoms in total. The van der Waals surface area contributed by atoms with Crippen molar-refractivity contribution < 1.29 is 4.79 Å². The largest absolute Gasteiger partial charge is 0.348 e. The smallest absolute Gasteiger partial charge is 0.255 e. The SMILES string of the molecule is CN1CC(NC(=O)c2cccnc2-n2cccn2)CC12CCC2. The Morgan fingerprint density at radius 3 is 2.87 bits per heavy atom. The van der Waals surface area contributed by atoms with Gasteiger partial charge in [-0.1, -0.05) is 0 Å². The fraction of sp³-hybridized carbons (Fsp3) is 0.471. The van der Waals surface area contributed by atoms with Gasteiger partial charge in [-0.2, -0.15) is 5.10 Å². The molecule has 1 unspecified atom stereocenters. The molecule has 2 aliphatic rings. The van der Waals surface area contributed by atoms with Crippen molar-refractivity contribution in [2.45, 2.75) is 37.3 Å². The number of likely N-dealkylation sites (tertiary alicyclic amines) is 1. The second-order valence-corrected chi connectivity index (χ2v) is 6.66. The van der Waals surface area contributed by atoms with Crippen molar-refractivity contribution >= 4 is 5.91 Å². The van der Waals surface area contributed by atoms with E-state index >= 15 is 0 Å². The van der Waals surface area contributed by atoms with E-state index in [0.29, 0.717) is 16.9 Å². The minimum atomic E-state index is -0.0710. The molecule has 6 heteroatoms. The number of aromatic nitrogens is 3. The van der Waals surface area contributed by atoms with Crippen LogP contribution in [0.5, 0.6) is 0 Å². The number of amides is 1. The number of carbonyl (C=O) groups excluding carboxylic acids is 1. The molecule has 2 aromatic heterocycles. The van der Waals surface area contributed by atoms with E-state index in [1.54, 1.807) is 35.4 Å². The summed E-state index contributed by atoms with van der Waals surface area (Å²) in [6.07, 6.45) is 10.0. The topological polar surface area (TPSA) is 63.1 Å². The average Bonchev–Trinajstić information content (AvgIpc) is 3.14. The molecule has 120 valence electrons. The van der Waals surface area contributed by atoms with E-state index in [9.17, 15) is 4.79 Å². The van der Waals surface area contributed by atoms with Crippen LogP contribution in [0, 0.1) is 0 Å². The molecule has 0 radical (unpaired) electrons. The van der Waals surface area contributed by atoms with Crippen LogP contribution < -0.4 is 5.32 Å². The van der Waals surface area contributed by atoms with Crippen LogP contribution in [0.15, 0.2) is 36.8 Å². The summed E-state index contributed by atoms with van der Waals surface area (Å²) in [5.74, 6) is 0.498. The molecule has 1 amide bonds. The molecule has 2 aromatic rings. The highest BCUT2D eigenvalue weighted by atomic mass is 16.1.